The number of morpholine rings is 1. The van der Waals surface area contributed by atoms with Crippen molar-refractivity contribution in [1.82, 2.24) is 9.80 Å². The van der Waals surface area contributed by atoms with Crippen LogP contribution < -0.4 is 0 Å². The van der Waals surface area contributed by atoms with Crippen LogP contribution in [0.1, 0.15) is 53.4 Å². The van der Waals surface area contributed by atoms with E-state index in [0.29, 0.717) is 0 Å². The summed E-state index contributed by atoms with van der Waals surface area (Å²) >= 11 is 0. The fraction of sp³-hybridized carbons (Fsp3) is 0.944. The molecule has 1 saturated heterocycles. The van der Waals surface area contributed by atoms with Crippen LogP contribution >= 0.6 is 0 Å². The van der Waals surface area contributed by atoms with Gasteiger partial charge in [0.1, 0.15) is 0 Å². The highest BCUT2D eigenvalue weighted by Gasteiger charge is 2.22. The molecule has 0 aliphatic carbocycles. The summed E-state index contributed by atoms with van der Waals surface area (Å²) in [6, 6.07) is 0. The average Bonchev–Trinajstić information content (AvgIpc) is 2.51. The SMILES string of the molecule is CCC(C)C(=O)N(C)CC[C@@H]1CN(CCCC(C)C)CCO1. The van der Waals surface area contributed by atoms with Gasteiger partial charge in [0.05, 0.1) is 12.7 Å². The van der Waals surface area contributed by atoms with Crippen molar-refractivity contribution in [2.45, 2.75) is 59.5 Å². The monoisotopic (exact) mass is 312 g/mol. The number of rotatable bonds is 9. The summed E-state index contributed by atoms with van der Waals surface area (Å²) in [5, 5.41) is 0. The lowest BCUT2D eigenvalue weighted by atomic mass is 10.1. The van der Waals surface area contributed by atoms with Gasteiger partial charge in [-0.25, -0.2) is 0 Å². The number of carbonyl (C=O) groups is 1. The topological polar surface area (TPSA) is 32.8 Å². The summed E-state index contributed by atoms with van der Waals surface area (Å²) in [7, 11) is 1.91. The molecular formula is C18H36N2O2. The predicted octanol–water partition coefficient (Wildman–Crippen LogP) is 3.02. The Morgan fingerprint density at radius 3 is 2.73 bits per heavy atom. The van der Waals surface area contributed by atoms with Crippen molar-refractivity contribution < 1.29 is 9.53 Å². The molecule has 1 unspecified atom stereocenters. The van der Waals surface area contributed by atoms with Crippen molar-refractivity contribution in [2.75, 3.05) is 39.8 Å². The van der Waals surface area contributed by atoms with E-state index in [1.165, 1.54) is 19.4 Å². The molecule has 0 aromatic rings. The van der Waals surface area contributed by atoms with E-state index in [1.54, 1.807) is 0 Å². The third kappa shape index (κ3) is 7.10. The van der Waals surface area contributed by atoms with Crippen LogP contribution in [-0.2, 0) is 9.53 Å². The van der Waals surface area contributed by atoms with Gasteiger partial charge in [0.15, 0.2) is 0 Å². The Morgan fingerprint density at radius 2 is 2.09 bits per heavy atom. The molecule has 2 atom stereocenters. The molecule has 0 aromatic heterocycles. The van der Waals surface area contributed by atoms with Crippen molar-refractivity contribution in [3.63, 3.8) is 0 Å². The number of amides is 1. The lowest BCUT2D eigenvalue weighted by molar-refractivity contribution is -0.134. The Morgan fingerprint density at radius 1 is 1.36 bits per heavy atom. The molecule has 1 heterocycles. The summed E-state index contributed by atoms with van der Waals surface area (Å²) in [5.41, 5.74) is 0. The van der Waals surface area contributed by atoms with Gasteiger partial charge in [-0.2, -0.15) is 0 Å². The zero-order valence-corrected chi connectivity index (χ0v) is 15.3. The molecule has 0 saturated carbocycles. The minimum absolute atomic E-state index is 0.129. The number of carbonyl (C=O) groups excluding carboxylic acids is 1. The van der Waals surface area contributed by atoms with Gasteiger partial charge >= 0.3 is 0 Å². The Kier molecular flexibility index (Phi) is 9.03. The normalized spacial score (nSPS) is 21.1. The highest BCUT2D eigenvalue weighted by atomic mass is 16.5. The molecule has 130 valence electrons. The van der Waals surface area contributed by atoms with Crippen LogP contribution in [0.3, 0.4) is 0 Å². The smallest absolute Gasteiger partial charge is 0.225 e. The maximum Gasteiger partial charge on any atom is 0.225 e. The van der Waals surface area contributed by atoms with Crippen LogP contribution in [0.2, 0.25) is 0 Å². The quantitative estimate of drug-likeness (QED) is 0.656. The average molecular weight is 312 g/mol. The first-order chi connectivity index (χ1) is 10.4. The first-order valence-electron chi connectivity index (χ1n) is 9.03. The lowest BCUT2D eigenvalue weighted by Crippen LogP contribution is -2.44. The van der Waals surface area contributed by atoms with Crippen LogP contribution in [0.15, 0.2) is 0 Å². The molecule has 0 spiro atoms. The number of hydrogen-bond donors (Lipinski definition) is 0. The van der Waals surface area contributed by atoms with Gasteiger partial charge in [0.25, 0.3) is 0 Å². The lowest BCUT2D eigenvalue weighted by Gasteiger charge is -2.34. The van der Waals surface area contributed by atoms with Gasteiger partial charge in [-0.3, -0.25) is 9.69 Å². The minimum Gasteiger partial charge on any atom is -0.375 e. The van der Waals surface area contributed by atoms with Crippen LogP contribution in [0.25, 0.3) is 0 Å². The molecule has 0 bridgehead atoms. The van der Waals surface area contributed by atoms with E-state index >= 15 is 0 Å². The number of ether oxygens (including phenoxy) is 1. The van der Waals surface area contributed by atoms with Crippen molar-refractivity contribution in [3.8, 4) is 0 Å². The van der Waals surface area contributed by atoms with Gasteiger partial charge in [0, 0.05) is 32.6 Å². The third-order valence-electron chi connectivity index (χ3n) is 4.68. The van der Waals surface area contributed by atoms with E-state index < -0.39 is 0 Å². The largest absolute Gasteiger partial charge is 0.375 e. The second-order valence-electron chi connectivity index (χ2n) is 7.19. The highest BCUT2D eigenvalue weighted by molar-refractivity contribution is 5.78. The predicted molar refractivity (Wildman–Crippen MR) is 92.0 cm³/mol. The van der Waals surface area contributed by atoms with E-state index in [1.807, 2.05) is 18.9 Å². The van der Waals surface area contributed by atoms with Crippen molar-refractivity contribution in [1.29, 1.82) is 0 Å². The molecular weight excluding hydrogens is 276 g/mol. The zero-order valence-electron chi connectivity index (χ0n) is 15.3. The second kappa shape index (κ2) is 10.2. The van der Waals surface area contributed by atoms with E-state index in [2.05, 4.69) is 25.7 Å². The maximum absolute atomic E-state index is 12.1. The Hall–Kier alpha value is -0.610. The molecule has 4 heteroatoms. The van der Waals surface area contributed by atoms with E-state index in [-0.39, 0.29) is 17.9 Å². The fourth-order valence-electron chi connectivity index (χ4n) is 2.88. The summed E-state index contributed by atoms with van der Waals surface area (Å²) < 4.78 is 5.87. The Bertz CT molecular complexity index is 320. The Balaban J connectivity index is 2.26. The molecule has 22 heavy (non-hydrogen) atoms. The summed E-state index contributed by atoms with van der Waals surface area (Å²) in [6.07, 6.45) is 4.71. The van der Waals surface area contributed by atoms with E-state index in [9.17, 15) is 4.79 Å². The van der Waals surface area contributed by atoms with Crippen molar-refractivity contribution in [3.05, 3.63) is 0 Å². The molecule has 4 nitrogen and oxygen atoms in total. The summed E-state index contributed by atoms with van der Waals surface area (Å²) in [5.74, 6) is 1.17. The molecule has 0 aromatic carbocycles. The zero-order chi connectivity index (χ0) is 16.5. The minimum atomic E-state index is 0.129. The van der Waals surface area contributed by atoms with Crippen LogP contribution in [0.5, 0.6) is 0 Å². The Labute approximate surface area is 137 Å². The summed E-state index contributed by atoms with van der Waals surface area (Å²) in [6.45, 7) is 13.5. The molecule has 1 aliphatic rings. The first-order valence-corrected chi connectivity index (χ1v) is 9.03. The van der Waals surface area contributed by atoms with Crippen LogP contribution in [0.4, 0.5) is 0 Å². The maximum atomic E-state index is 12.1. The highest BCUT2D eigenvalue weighted by Crippen LogP contribution is 2.13. The van der Waals surface area contributed by atoms with Crippen molar-refractivity contribution in [2.24, 2.45) is 11.8 Å². The van der Waals surface area contributed by atoms with Crippen LogP contribution in [0, 0.1) is 11.8 Å². The van der Waals surface area contributed by atoms with Gasteiger partial charge in [0.2, 0.25) is 5.91 Å². The first kappa shape index (κ1) is 19.4. The fourth-order valence-corrected chi connectivity index (χ4v) is 2.88. The van der Waals surface area contributed by atoms with E-state index in [0.717, 1.165) is 45.0 Å². The second-order valence-corrected chi connectivity index (χ2v) is 7.19. The van der Waals surface area contributed by atoms with Crippen molar-refractivity contribution >= 4 is 5.91 Å². The van der Waals surface area contributed by atoms with Gasteiger partial charge in [-0.05, 0) is 38.1 Å². The van der Waals surface area contributed by atoms with Gasteiger partial charge < -0.3 is 9.64 Å². The van der Waals surface area contributed by atoms with Crippen LogP contribution in [-0.4, -0.2) is 61.6 Å². The van der Waals surface area contributed by atoms with Gasteiger partial charge in [-0.1, -0.05) is 27.7 Å². The molecule has 1 amide bonds. The third-order valence-corrected chi connectivity index (χ3v) is 4.68. The molecule has 0 N–H and O–H groups in total. The molecule has 1 rings (SSSR count). The standard InChI is InChI=1S/C18H36N2O2/c1-6-16(4)18(21)19(5)11-9-17-14-20(12-13-22-17)10-7-8-15(2)3/h15-17H,6-14H2,1-5H3/t16?,17-/m1/s1. The van der Waals surface area contributed by atoms with Gasteiger partial charge in [-0.15, -0.1) is 0 Å². The molecule has 1 aliphatic heterocycles. The number of hydrogen-bond acceptors (Lipinski definition) is 3. The molecule has 1 fully saturated rings. The summed E-state index contributed by atoms with van der Waals surface area (Å²) in [4.78, 5) is 16.5. The van der Waals surface area contributed by atoms with E-state index in [4.69, 9.17) is 4.74 Å². The number of nitrogens with zero attached hydrogens (tertiary/aromatic N) is 2. The molecule has 0 radical (unpaired) electrons.